The van der Waals surface area contributed by atoms with E-state index in [0.717, 1.165) is 16.0 Å². The minimum atomic E-state index is -2.43. The fourth-order valence-corrected chi connectivity index (χ4v) is 1.40. The van der Waals surface area contributed by atoms with Crippen LogP contribution in [0.5, 0.6) is 5.75 Å². The molecule has 0 N–H and O–H groups in total. The minimum Gasteiger partial charge on any atom is -0.497 e. The molecule has 0 unspecified atom stereocenters. The van der Waals surface area contributed by atoms with Crippen LogP contribution in [0.4, 0.5) is 8.78 Å². The Morgan fingerprint density at radius 2 is 2.00 bits per heavy atom. The lowest BCUT2D eigenvalue weighted by atomic mass is 10.2. The first-order valence-corrected chi connectivity index (χ1v) is 5.01. The summed E-state index contributed by atoms with van der Waals surface area (Å²) in [5.41, 5.74) is 0.763. The Balaban J connectivity index is 2.18. The summed E-state index contributed by atoms with van der Waals surface area (Å²) in [6, 6.07) is 7.09. The zero-order chi connectivity index (χ0) is 12.3. The summed E-state index contributed by atoms with van der Waals surface area (Å²) in [7, 11) is 1.57. The van der Waals surface area contributed by atoms with Gasteiger partial charge in [-0.05, 0) is 24.3 Å². The van der Waals surface area contributed by atoms with E-state index >= 15 is 0 Å². The van der Waals surface area contributed by atoms with E-state index in [1.165, 1.54) is 6.33 Å². The number of rotatable bonds is 4. The van der Waals surface area contributed by atoms with Gasteiger partial charge in [0.2, 0.25) is 0 Å². The SMILES string of the molecule is COc1ccc(-c2ncn(CC(F)F)n2)cc1. The van der Waals surface area contributed by atoms with Crippen molar-refractivity contribution in [3.8, 4) is 17.1 Å². The number of methoxy groups -OCH3 is 1. The van der Waals surface area contributed by atoms with Gasteiger partial charge in [0.15, 0.2) is 5.82 Å². The van der Waals surface area contributed by atoms with Crippen molar-refractivity contribution < 1.29 is 13.5 Å². The Bertz CT molecular complexity index is 482. The van der Waals surface area contributed by atoms with Crippen molar-refractivity contribution in [3.05, 3.63) is 30.6 Å². The number of alkyl halides is 2. The van der Waals surface area contributed by atoms with Gasteiger partial charge in [0, 0.05) is 5.56 Å². The average molecular weight is 239 g/mol. The number of hydrogen-bond acceptors (Lipinski definition) is 3. The summed E-state index contributed by atoms with van der Waals surface area (Å²) >= 11 is 0. The summed E-state index contributed by atoms with van der Waals surface area (Å²) in [5.74, 6) is 1.15. The molecule has 17 heavy (non-hydrogen) atoms. The zero-order valence-corrected chi connectivity index (χ0v) is 9.18. The molecule has 0 saturated carbocycles. The molecule has 0 bridgehead atoms. The van der Waals surface area contributed by atoms with Gasteiger partial charge in [-0.15, -0.1) is 0 Å². The molecule has 0 amide bonds. The second-order valence-corrected chi connectivity index (χ2v) is 3.41. The van der Waals surface area contributed by atoms with Crippen LogP contribution in [0.15, 0.2) is 30.6 Å². The first-order chi connectivity index (χ1) is 8.19. The highest BCUT2D eigenvalue weighted by Crippen LogP contribution is 2.18. The number of aromatic nitrogens is 3. The summed E-state index contributed by atoms with van der Waals surface area (Å²) in [6.45, 7) is -0.441. The summed E-state index contributed by atoms with van der Waals surface area (Å²) < 4.78 is 30.4. The van der Waals surface area contributed by atoms with E-state index in [4.69, 9.17) is 4.74 Å². The lowest BCUT2D eigenvalue weighted by Gasteiger charge is -2.00. The highest BCUT2D eigenvalue weighted by molar-refractivity contribution is 5.55. The van der Waals surface area contributed by atoms with Crippen LogP contribution >= 0.6 is 0 Å². The molecule has 0 saturated heterocycles. The molecule has 0 radical (unpaired) electrons. The van der Waals surface area contributed by atoms with Crippen LogP contribution in [-0.2, 0) is 6.54 Å². The molecule has 0 aliphatic heterocycles. The van der Waals surface area contributed by atoms with Crippen molar-refractivity contribution in [1.82, 2.24) is 14.8 Å². The topological polar surface area (TPSA) is 39.9 Å². The largest absolute Gasteiger partial charge is 0.497 e. The molecule has 0 aliphatic carbocycles. The molecule has 1 heterocycles. The third kappa shape index (κ3) is 2.77. The van der Waals surface area contributed by atoms with Crippen LogP contribution in [0.25, 0.3) is 11.4 Å². The lowest BCUT2D eigenvalue weighted by Crippen LogP contribution is -2.06. The molecular formula is C11H11F2N3O. The number of benzene rings is 1. The maximum Gasteiger partial charge on any atom is 0.257 e. The Hall–Kier alpha value is -1.98. The summed E-state index contributed by atoms with van der Waals surface area (Å²) in [6.07, 6.45) is -1.13. The van der Waals surface area contributed by atoms with Gasteiger partial charge in [0.05, 0.1) is 7.11 Å². The van der Waals surface area contributed by atoms with Crippen LogP contribution in [0.1, 0.15) is 0 Å². The van der Waals surface area contributed by atoms with Gasteiger partial charge in [0.25, 0.3) is 6.43 Å². The predicted molar refractivity (Wildman–Crippen MR) is 58.0 cm³/mol. The fourth-order valence-electron chi connectivity index (χ4n) is 1.40. The maximum atomic E-state index is 12.1. The van der Waals surface area contributed by atoms with E-state index in [9.17, 15) is 8.78 Å². The van der Waals surface area contributed by atoms with Crippen LogP contribution in [0.3, 0.4) is 0 Å². The van der Waals surface area contributed by atoms with E-state index in [1.807, 2.05) is 0 Å². The van der Waals surface area contributed by atoms with Crippen molar-refractivity contribution in [3.63, 3.8) is 0 Å². The molecule has 1 aromatic carbocycles. The molecule has 2 rings (SSSR count). The van der Waals surface area contributed by atoms with Gasteiger partial charge in [-0.25, -0.2) is 18.4 Å². The van der Waals surface area contributed by atoms with Crippen molar-refractivity contribution in [2.24, 2.45) is 0 Å². The number of hydrogen-bond donors (Lipinski definition) is 0. The van der Waals surface area contributed by atoms with Gasteiger partial charge in [-0.1, -0.05) is 0 Å². The highest BCUT2D eigenvalue weighted by Gasteiger charge is 2.08. The number of ether oxygens (including phenoxy) is 1. The van der Waals surface area contributed by atoms with Gasteiger partial charge in [-0.2, -0.15) is 5.10 Å². The Kier molecular flexibility index (Phi) is 3.32. The van der Waals surface area contributed by atoms with E-state index in [2.05, 4.69) is 10.1 Å². The second-order valence-electron chi connectivity index (χ2n) is 3.41. The molecule has 0 atom stereocenters. The van der Waals surface area contributed by atoms with E-state index in [0.29, 0.717) is 5.82 Å². The molecule has 0 aliphatic rings. The van der Waals surface area contributed by atoms with Crippen LogP contribution in [0, 0.1) is 0 Å². The van der Waals surface area contributed by atoms with Crippen LogP contribution < -0.4 is 4.74 Å². The molecule has 4 nitrogen and oxygen atoms in total. The number of halogens is 2. The van der Waals surface area contributed by atoms with Crippen molar-refractivity contribution in [2.75, 3.05) is 7.11 Å². The van der Waals surface area contributed by atoms with Crippen molar-refractivity contribution in [2.45, 2.75) is 13.0 Å². The molecule has 2 aromatic rings. The second kappa shape index (κ2) is 4.90. The van der Waals surface area contributed by atoms with Crippen LogP contribution in [-0.4, -0.2) is 28.3 Å². The Morgan fingerprint density at radius 3 is 2.59 bits per heavy atom. The molecule has 0 fully saturated rings. The normalized spacial score (nSPS) is 10.8. The fraction of sp³-hybridized carbons (Fsp3) is 0.273. The van der Waals surface area contributed by atoms with E-state index in [-0.39, 0.29) is 0 Å². The third-order valence-electron chi connectivity index (χ3n) is 2.21. The average Bonchev–Trinajstić information content (AvgIpc) is 2.77. The number of nitrogens with zero attached hydrogens (tertiary/aromatic N) is 3. The predicted octanol–water partition coefficient (Wildman–Crippen LogP) is 2.22. The monoisotopic (exact) mass is 239 g/mol. The standard InChI is InChI=1S/C11H11F2N3O/c1-17-9-4-2-8(3-5-9)11-14-7-16(15-11)6-10(12)13/h2-5,7,10H,6H2,1H3. The Morgan fingerprint density at radius 1 is 1.29 bits per heavy atom. The highest BCUT2D eigenvalue weighted by atomic mass is 19.3. The third-order valence-corrected chi connectivity index (χ3v) is 2.21. The van der Waals surface area contributed by atoms with Crippen LogP contribution in [0.2, 0.25) is 0 Å². The molecule has 0 spiro atoms. The van der Waals surface area contributed by atoms with Crippen molar-refractivity contribution in [1.29, 1.82) is 0 Å². The summed E-state index contributed by atoms with van der Waals surface area (Å²) in [5, 5.41) is 3.96. The summed E-state index contributed by atoms with van der Waals surface area (Å²) in [4.78, 5) is 3.97. The molecule has 90 valence electrons. The molecule has 6 heteroatoms. The Labute approximate surface area is 96.9 Å². The first kappa shape index (κ1) is 11.5. The molecular weight excluding hydrogens is 228 g/mol. The first-order valence-electron chi connectivity index (χ1n) is 5.01. The van der Waals surface area contributed by atoms with Crippen molar-refractivity contribution >= 4 is 0 Å². The van der Waals surface area contributed by atoms with Gasteiger partial charge in [-0.3, -0.25) is 0 Å². The van der Waals surface area contributed by atoms with E-state index < -0.39 is 13.0 Å². The van der Waals surface area contributed by atoms with Gasteiger partial charge < -0.3 is 4.74 Å². The maximum absolute atomic E-state index is 12.1. The van der Waals surface area contributed by atoms with Gasteiger partial charge >= 0.3 is 0 Å². The zero-order valence-electron chi connectivity index (χ0n) is 9.18. The lowest BCUT2D eigenvalue weighted by molar-refractivity contribution is 0.122. The minimum absolute atomic E-state index is 0.424. The van der Waals surface area contributed by atoms with Gasteiger partial charge in [0.1, 0.15) is 18.6 Å². The molecule has 1 aromatic heterocycles. The smallest absolute Gasteiger partial charge is 0.257 e. The van der Waals surface area contributed by atoms with E-state index in [1.54, 1.807) is 31.4 Å². The quantitative estimate of drug-likeness (QED) is 0.821.